The van der Waals surface area contributed by atoms with Crippen LogP contribution in [0.5, 0.6) is 5.88 Å². The molecule has 0 unspecified atom stereocenters. The van der Waals surface area contributed by atoms with Crippen molar-refractivity contribution in [1.82, 2.24) is 9.97 Å². The molecule has 0 aliphatic heterocycles. The third kappa shape index (κ3) is 4.09. The number of benzene rings is 1. The summed E-state index contributed by atoms with van der Waals surface area (Å²) in [5, 5.41) is 23.2. The summed E-state index contributed by atoms with van der Waals surface area (Å²) >= 11 is 11.1. The van der Waals surface area contributed by atoms with Crippen LogP contribution in [0.2, 0.25) is 10.3 Å². The molecule has 0 radical (unpaired) electrons. The second kappa shape index (κ2) is 7.36. The number of anilines is 2. The normalized spacial score (nSPS) is 11.2. The van der Waals surface area contributed by atoms with E-state index in [-0.39, 0.29) is 22.9 Å². The van der Waals surface area contributed by atoms with Gasteiger partial charge in [0.2, 0.25) is 11.2 Å². The Hall–Kier alpha value is -2.93. The lowest BCUT2D eigenvalue weighted by atomic mass is 10.1. The van der Waals surface area contributed by atoms with E-state index >= 15 is 0 Å². The lowest BCUT2D eigenvalue weighted by Crippen LogP contribution is -2.11. The van der Waals surface area contributed by atoms with E-state index in [4.69, 9.17) is 27.9 Å². The summed E-state index contributed by atoms with van der Waals surface area (Å²) in [6.45, 7) is 0. The second-order valence-corrected chi connectivity index (χ2v) is 5.40. The van der Waals surface area contributed by atoms with E-state index < -0.39 is 43.7 Å². The van der Waals surface area contributed by atoms with Crippen LogP contribution in [0.1, 0.15) is 5.56 Å². The third-order valence-corrected chi connectivity index (χ3v) is 3.65. The minimum Gasteiger partial charge on any atom is -0.479 e. The van der Waals surface area contributed by atoms with Gasteiger partial charge in [0.05, 0.1) is 28.7 Å². The van der Waals surface area contributed by atoms with Gasteiger partial charge in [0.25, 0.3) is 0 Å². The van der Waals surface area contributed by atoms with Crippen LogP contribution in [0.4, 0.5) is 35.9 Å². The van der Waals surface area contributed by atoms with Gasteiger partial charge >= 0.3 is 17.6 Å². The molecule has 10 nitrogen and oxygen atoms in total. The highest BCUT2D eigenvalue weighted by Crippen LogP contribution is 2.48. The Bertz CT molecular complexity index is 941. The Morgan fingerprint density at radius 2 is 1.85 bits per heavy atom. The van der Waals surface area contributed by atoms with Gasteiger partial charge < -0.3 is 10.1 Å². The SMILES string of the molecule is COc1nc(Cl)ncc1Nc1c([N+](=O)[O-])cc(C(F)(F)F)c(Cl)c1[N+](=O)[O-]. The molecule has 0 atom stereocenters. The maximum atomic E-state index is 13.1. The number of hydrogen-bond donors (Lipinski definition) is 1. The van der Waals surface area contributed by atoms with E-state index in [1.54, 1.807) is 0 Å². The topological polar surface area (TPSA) is 133 Å². The Labute approximate surface area is 157 Å². The van der Waals surface area contributed by atoms with Crippen molar-refractivity contribution in [1.29, 1.82) is 0 Å². The molecule has 0 saturated heterocycles. The van der Waals surface area contributed by atoms with Gasteiger partial charge in [-0.25, -0.2) is 4.98 Å². The molecule has 0 aliphatic rings. The van der Waals surface area contributed by atoms with Crippen molar-refractivity contribution in [2.45, 2.75) is 6.18 Å². The molecule has 0 fully saturated rings. The van der Waals surface area contributed by atoms with Gasteiger partial charge in [0.1, 0.15) is 10.7 Å². The number of nitro groups is 2. The number of aromatic nitrogens is 2. The van der Waals surface area contributed by atoms with Crippen molar-refractivity contribution < 1.29 is 27.8 Å². The average Bonchev–Trinajstić information content (AvgIpc) is 2.54. The Morgan fingerprint density at radius 1 is 1.22 bits per heavy atom. The molecule has 0 spiro atoms. The number of halogens is 5. The van der Waals surface area contributed by atoms with Crippen molar-refractivity contribution >= 4 is 46.0 Å². The molecule has 1 aromatic carbocycles. The molecule has 0 bridgehead atoms. The summed E-state index contributed by atoms with van der Waals surface area (Å²) in [6, 6.07) is 0.0842. The first-order valence-corrected chi connectivity index (χ1v) is 7.29. The quantitative estimate of drug-likeness (QED) is 0.422. The highest BCUT2D eigenvalue weighted by Gasteiger charge is 2.42. The summed E-state index contributed by atoms with van der Waals surface area (Å²) in [5.74, 6) is -0.269. The number of hydrogen-bond acceptors (Lipinski definition) is 8. The fraction of sp³-hybridized carbons (Fsp3) is 0.167. The van der Waals surface area contributed by atoms with Crippen LogP contribution in [0, 0.1) is 20.2 Å². The molecule has 1 aromatic heterocycles. The molecule has 2 aromatic rings. The molecule has 0 amide bonds. The summed E-state index contributed by atoms with van der Waals surface area (Å²) in [7, 11) is 1.15. The van der Waals surface area contributed by atoms with Gasteiger partial charge in [-0.2, -0.15) is 18.2 Å². The molecule has 1 heterocycles. The maximum absolute atomic E-state index is 13.1. The predicted molar refractivity (Wildman–Crippen MR) is 86.6 cm³/mol. The number of alkyl halides is 3. The van der Waals surface area contributed by atoms with Gasteiger partial charge in [-0.05, 0) is 11.6 Å². The number of methoxy groups -OCH3 is 1. The maximum Gasteiger partial charge on any atom is 0.418 e. The predicted octanol–water partition coefficient (Wildman–Crippen LogP) is 4.37. The smallest absolute Gasteiger partial charge is 0.418 e. The number of nitro benzene ring substituents is 2. The monoisotopic (exact) mass is 427 g/mol. The van der Waals surface area contributed by atoms with Crippen molar-refractivity contribution in [2.24, 2.45) is 0 Å². The minimum absolute atomic E-state index is 0.0842. The van der Waals surface area contributed by atoms with Crippen LogP contribution in [0.25, 0.3) is 0 Å². The van der Waals surface area contributed by atoms with Gasteiger partial charge in [-0.15, -0.1) is 0 Å². The van der Waals surface area contributed by atoms with Gasteiger partial charge in [0.15, 0.2) is 5.69 Å². The van der Waals surface area contributed by atoms with Crippen LogP contribution >= 0.6 is 23.2 Å². The molecule has 0 saturated carbocycles. The van der Waals surface area contributed by atoms with Crippen LogP contribution in [0.3, 0.4) is 0 Å². The van der Waals surface area contributed by atoms with E-state index in [0.29, 0.717) is 0 Å². The van der Waals surface area contributed by atoms with Crippen LogP contribution in [-0.4, -0.2) is 26.9 Å². The molecule has 1 N–H and O–H groups in total. The van der Waals surface area contributed by atoms with Crippen LogP contribution < -0.4 is 10.1 Å². The molecular weight excluding hydrogens is 422 g/mol. The van der Waals surface area contributed by atoms with Gasteiger partial charge in [-0.3, -0.25) is 20.2 Å². The van der Waals surface area contributed by atoms with E-state index in [2.05, 4.69) is 15.3 Å². The first kappa shape index (κ1) is 20.4. The van der Waals surface area contributed by atoms with E-state index in [9.17, 15) is 33.4 Å². The van der Waals surface area contributed by atoms with E-state index in [1.165, 1.54) is 0 Å². The lowest BCUT2D eigenvalue weighted by Gasteiger charge is -2.14. The fourth-order valence-electron chi connectivity index (χ4n) is 2.00. The number of rotatable bonds is 5. The highest BCUT2D eigenvalue weighted by atomic mass is 35.5. The summed E-state index contributed by atoms with van der Waals surface area (Å²) in [4.78, 5) is 27.2. The van der Waals surface area contributed by atoms with Crippen LogP contribution in [0.15, 0.2) is 12.3 Å². The molecule has 15 heteroatoms. The number of nitrogens with one attached hydrogen (secondary N) is 1. The van der Waals surface area contributed by atoms with Gasteiger partial charge in [0, 0.05) is 6.07 Å². The highest BCUT2D eigenvalue weighted by molar-refractivity contribution is 6.34. The molecular formula is C12H6Cl2F3N5O5. The summed E-state index contributed by atoms with van der Waals surface area (Å²) < 4.78 is 44.0. The van der Waals surface area contributed by atoms with E-state index in [0.717, 1.165) is 13.3 Å². The standard InChI is InChI=1S/C12H6Cl2F3N5O5/c1-27-10-5(3-18-11(14)20-10)19-8-6(21(23)24)2-4(12(15,16)17)7(13)9(8)22(25)26/h2-3,19H,1H3. The Kier molecular flexibility index (Phi) is 5.56. The molecule has 27 heavy (non-hydrogen) atoms. The Morgan fingerprint density at radius 3 is 2.33 bits per heavy atom. The Balaban J connectivity index is 2.80. The van der Waals surface area contributed by atoms with E-state index in [1.807, 2.05) is 0 Å². The zero-order valence-corrected chi connectivity index (χ0v) is 14.4. The minimum atomic E-state index is -5.16. The third-order valence-electron chi connectivity index (χ3n) is 3.08. The average molecular weight is 428 g/mol. The van der Waals surface area contributed by atoms with Crippen molar-refractivity contribution in [3.63, 3.8) is 0 Å². The van der Waals surface area contributed by atoms with Crippen molar-refractivity contribution in [3.8, 4) is 5.88 Å². The summed E-state index contributed by atoms with van der Waals surface area (Å²) in [6.07, 6.45) is -4.20. The van der Waals surface area contributed by atoms with Crippen LogP contribution in [-0.2, 0) is 6.18 Å². The van der Waals surface area contributed by atoms with Crippen molar-refractivity contribution in [2.75, 3.05) is 12.4 Å². The number of nitrogens with zero attached hydrogens (tertiary/aromatic N) is 4. The summed E-state index contributed by atoms with van der Waals surface area (Å²) in [5.41, 5.74) is -5.46. The molecule has 2 rings (SSSR count). The first-order valence-electron chi connectivity index (χ1n) is 6.53. The zero-order valence-electron chi connectivity index (χ0n) is 12.9. The second-order valence-electron chi connectivity index (χ2n) is 4.68. The molecule has 0 aliphatic carbocycles. The number of ether oxygens (including phenoxy) is 1. The zero-order chi connectivity index (χ0) is 20.5. The largest absolute Gasteiger partial charge is 0.479 e. The first-order chi connectivity index (χ1) is 12.5. The fourth-order valence-corrected chi connectivity index (χ4v) is 2.45. The van der Waals surface area contributed by atoms with Crippen molar-refractivity contribution in [3.05, 3.63) is 48.4 Å². The lowest BCUT2D eigenvalue weighted by molar-refractivity contribution is -0.392. The molecule has 144 valence electrons. The van der Waals surface area contributed by atoms with Gasteiger partial charge in [-0.1, -0.05) is 11.6 Å².